The molecular formula is C16H20N6O3S. The van der Waals surface area contributed by atoms with E-state index in [0.717, 1.165) is 6.42 Å². The van der Waals surface area contributed by atoms with Crippen molar-refractivity contribution in [3.8, 4) is 0 Å². The van der Waals surface area contributed by atoms with E-state index in [2.05, 4.69) is 15.0 Å². The lowest BCUT2D eigenvalue weighted by molar-refractivity contribution is -0.149. The van der Waals surface area contributed by atoms with E-state index in [4.69, 9.17) is 10.5 Å². The Labute approximate surface area is 154 Å². The van der Waals surface area contributed by atoms with Crippen LogP contribution in [-0.2, 0) is 16.1 Å². The van der Waals surface area contributed by atoms with E-state index in [9.17, 15) is 9.59 Å². The molecule has 0 aromatic carbocycles. The predicted molar refractivity (Wildman–Crippen MR) is 96.7 cm³/mol. The molecule has 1 aliphatic heterocycles. The molecule has 0 spiro atoms. The number of aromatic nitrogens is 3. The van der Waals surface area contributed by atoms with Crippen LogP contribution in [0.5, 0.6) is 0 Å². The van der Waals surface area contributed by atoms with Crippen molar-refractivity contribution >= 4 is 35.1 Å². The average Bonchev–Trinajstić information content (AvgIpc) is 3.30. The van der Waals surface area contributed by atoms with Crippen LogP contribution in [0.2, 0.25) is 0 Å². The number of anilines is 2. The fraction of sp³-hybridized carbons (Fsp3) is 0.438. The van der Waals surface area contributed by atoms with Crippen LogP contribution in [0, 0.1) is 0 Å². The van der Waals surface area contributed by atoms with Gasteiger partial charge < -0.3 is 20.3 Å². The number of likely N-dealkylation sites (tertiary alicyclic amines) is 1. The molecule has 9 nitrogen and oxygen atoms in total. The molecule has 2 aromatic heterocycles. The number of carbonyl (C=O) groups excluding carboxylic acids is 2. The Bertz CT molecular complexity index is 795. The van der Waals surface area contributed by atoms with Gasteiger partial charge in [0.15, 0.2) is 12.4 Å². The van der Waals surface area contributed by atoms with Crippen molar-refractivity contribution in [2.45, 2.75) is 25.5 Å². The molecule has 26 heavy (non-hydrogen) atoms. The average molecular weight is 376 g/mol. The first-order valence-electron chi connectivity index (χ1n) is 8.14. The van der Waals surface area contributed by atoms with Crippen molar-refractivity contribution < 1.29 is 14.3 Å². The molecule has 1 saturated heterocycles. The normalized spacial score (nSPS) is 16.5. The van der Waals surface area contributed by atoms with Gasteiger partial charge in [0.05, 0.1) is 4.88 Å². The van der Waals surface area contributed by atoms with Crippen LogP contribution in [-0.4, -0.2) is 58.4 Å². The van der Waals surface area contributed by atoms with E-state index in [1.165, 1.54) is 11.3 Å². The highest BCUT2D eigenvalue weighted by Gasteiger charge is 2.36. The van der Waals surface area contributed by atoms with Gasteiger partial charge in [-0.15, -0.1) is 11.3 Å². The van der Waals surface area contributed by atoms with Crippen LogP contribution in [0.15, 0.2) is 17.5 Å². The zero-order valence-corrected chi connectivity index (χ0v) is 15.4. The van der Waals surface area contributed by atoms with Gasteiger partial charge in [0, 0.05) is 20.6 Å². The molecule has 2 aromatic rings. The summed E-state index contributed by atoms with van der Waals surface area (Å²) in [5, 5.41) is 1.84. The molecule has 0 bridgehead atoms. The van der Waals surface area contributed by atoms with Gasteiger partial charge in [-0.25, -0.2) is 4.79 Å². The molecule has 1 fully saturated rings. The fourth-order valence-corrected chi connectivity index (χ4v) is 3.40. The van der Waals surface area contributed by atoms with Gasteiger partial charge >= 0.3 is 5.97 Å². The highest BCUT2D eigenvalue weighted by molar-refractivity contribution is 7.12. The number of ether oxygens (including phenoxy) is 1. The second-order valence-corrected chi connectivity index (χ2v) is 6.99. The number of nitrogens with two attached hydrogens (primary N) is 1. The maximum atomic E-state index is 12.5. The first-order chi connectivity index (χ1) is 12.5. The smallest absolute Gasteiger partial charge is 0.329 e. The number of amides is 1. The van der Waals surface area contributed by atoms with E-state index in [0.29, 0.717) is 23.8 Å². The topological polar surface area (TPSA) is 115 Å². The molecule has 3 heterocycles. The van der Waals surface area contributed by atoms with E-state index in [1.54, 1.807) is 30.0 Å². The van der Waals surface area contributed by atoms with Crippen LogP contribution in [0.1, 0.15) is 28.3 Å². The first kappa shape index (κ1) is 18.1. The summed E-state index contributed by atoms with van der Waals surface area (Å²) < 4.78 is 5.34. The molecule has 1 atom stereocenters. The Morgan fingerprint density at radius 1 is 1.38 bits per heavy atom. The molecule has 0 aliphatic carbocycles. The van der Waals surface area contributed by atoms with Gasteiger partial charge in [0.2, 0.25) is 11.9 Å². The Balaban J connectivity index is 1.65. The summed E-state index contributed by atoms with van der Waals surface area (Å²) in [5.41, 5.74) is 5.66. The highest BCUT2D eigenvalue weighted by atomic mass is 32.1. The summed E-state index contributed by atoms with van der Waals surface area (Å²) in [7, 11) is 3.55. The Morgan fingerprint density at radius 3 is 2.88 bits per heavy atom. The number of nitrogen functional groups attached to an aromatic ring is 1. The minimum atomic E-state index is -0.586. The Hall–Kier alpha value is -2.75. The lowest BCUT2D eigenvalue weighted by atomic mass is 10.2. The van der Waals surface area contributed by atoms with Gasteiger partial charge in [-0.2, -0.15) is 15.0 Å². The Morgan fingerprint density at radius 2 is 2.19 bits per heavy atom. The maximum Gasteiger partial charge on any atom is 0.329 e. The second kappa shape index (κ2) is 7.65. The van der Waals surface area contributed by atoms with E-state index in [-0.39, 0.29) is 24.3 Å². The van der Waals surface area contributed by atoms with Crippen LogP contribution < -0.4 is 10.6 Å². The number of hydrogen-bond donors (Lipinski definition) is 1. The van der Waals surface area contributed by atoms with E-state index < -0.39 is 12.0 Å². The molecule has 1 aliphatic rings. The summed E-state index contributed by atoms with van der Waals surface area (Å²) in [6.07, 6.45) is 1.35. The molecule has 3 rings (SSSR count). The van der Waals surface area contributed by atoms with Crippen LogP contribution in [0.3, 0.4) is 0 Å². The van der Waals surface area contributed by atoms with Crippen LogP contribution >= 0.6 is 11.3 Å². The number of hydrogen-bond acceptors (Lipinski definition) is 9. The lowest BCUT2D eigenvalue weighted by Crippen LogP contribution is -2.41. The van der Waals surface area contributed by atoms with Crippen molar-refractivity contribution in [2.24, 2.45) is 0 Å². The van der Waals surface area contributed by atoms with Crippen molar-refractivity contribution in [2.75, 3.05) is 31.3 Å². The van der Waals surface area contributed by atoms with Gasteiger partial charge in [0.25, 0.3) is 5.91 Å². The second-order valence-electron chi connectivity index (χ2n) is 6.05. The minimum absolute atomic E-state index is 0.0603. The monoisotopic (exact) mass is 376 g/mol. The third-order valence-electron chi connectivity index (χ3n) is 3.95. The quantitative estimate of drug-likeness (QED) is 0.767. The first-order valence-corrected chi connectivity index (χ1v) is 9.02. The number of carbonyl (C=O) groups is 2. The largest absolute Gasteiger partial charge is 0.456 e. The summed E-state index contributed by atoms with van der Waals surface area (Å²) in [6.45, 7) is 0.421. The zero-order chi connectivity index (χ0) is 18.7. The molecular weight excluding hydrogens is 356 g/mol. The summed E-state index contributed by atoms with van der Waals surface area (Å²) in [5.74, 6) is 0.115. The third kappa shape index (κ3) is 3.90. The van der Waals surface area contributed by atoms with Crippen molar-refractivity contribution in [3.05, 3.63) is 28.2 Å². The van der Waals surface area contributed by atoms with Crippen molar-refractivity contribution in [1.82, 2.24) is 19.9 Å². The molecule has 0 saturated carbocycles. The molecule has 1 amide bonds. The molecule has 0 radical (unpaired) electrons. The maximum absolute atomic E-state index is 12.5. The van der Waals surface area contributed by atoms with Gasteiger partial charge in [-0.3, -0.25) is 4.79 Å². The van der Waals surface area contributed by atoms with Crippen molar-refractivity contribution in [3.63, 3.8) is 0 Å². The molecule has 138 valence electrons. The number of esters is 1. The highest BCUT2D eigenvalue weighted by Crippen LogP contribution is 2.23. The van der Waals surface area contributed by atoms with Crippen LogP contribution in [0.25, 0.3) is 0 Å². The number of nitrogens with zero attached hydrogens (tertiary/aromatic N) is 5. The lowest BCUT2D eigenvalue weighted by Gasteiger charge is -2.22. The van der Waals surface area contributed by atoms with Gasteiger partial charge in [-0.1, -0.05) is 6.07 Å². The van der Waals surface area contributed by atoms with Crippen LogP contribution in [0.4, 0.5) is 11.9 Å². The molecule has 10 heteroatoms. The van der Waals surface area contributed by atoms with Gasteiger partial charge in [0.1, 0.15) is 6.04 Å². The molecule has 0 unspecified atom stereocenters. The van der Waals surface area contributed by atoms with E-state index in [1.807, 2.05) is 11.4 Å². The number of rotatable bonds is 5. The molecule has 2 N–H and O–H groups in total. The van der Waals surface area contributed by atoms with E-state index >= 15 is 0 Å². The summed E-state index contributed by atoms with van der Waals surface area (Å²) >= 11 is 1.36. The zero-order valence-electron chi connectivity index (χ0n) is 14.6. The Kier molecular flexibility index (Phi) is 5.31. The van der Waals surface area contributed by atoms with Crippen molar-refractivity contribution in [1.29, 1.82) is 0 Å². The fourth-order valence-electron chi connectivity index (χ4n) is 2.72. The SMILES string of the molecule is CN(C)c1nc(N)nc(COC(=O)[C@@H]2CCCN2C(=O)c2cccs2)n1. The minimum Gasteiger partial charge on any atom is -0.456 e. The number of thiophene rings is 1. The third-order valence-corrected chi connectivity index (χ3v) is 4.81. The summed E-state index contributed by atoms with van der Waals surface area (Å²) in [4.78, 5) is 41.1. The predicted octanol–water partition coefficient (Wildman–Crippen LogP) is 0.929. The standard InChI is InChI=1S/C16H20N6O3S/c1-21(2)16-19-12(18-15(17)20-16)9-25-14(24)10-5-3-7-22(10)13(23)11-6-4-8-26-11/h4,6,8,10H,3,5,7,9H2,1-2H3,(H2,17,18,19,20)/t10-/m0/s1. The summed E-state index contributed by atoms with van der Waals surface area (Å²) in [6, 6.07) is 2.98. The van der Waals surface area contributed by atoms with Gasteiger partial charge in [-0.05, 0) is 24.3 Å².